The van der Waals surface area contributed by atoms with E-state index in [1.807, 2.05) is 18.2 Å². The van der Waals surface area contributed by atoms with Gasteiger partial charge in [-0.05, 0) is 30.3 Å². The Bertz CT molecular complexity index is 1170. The van der Waals surface area contributed by atoms with Gasteiger partial charge < -0.3 is 23.7 Å². The standard InChI is InChI=1S/C25H32O8SSi/c1-24(2,3)35(4,5)33-23-20-18(26)19-22(32-34(27,28)17-14-10-7-11-15-17)21(23)31-25(29-19,30-20)16-12-8-6-9-13-16/h6-15,18-23,26H,1-5H3/t18-,19-,20+,21-,22+,23+,25-/m0/s1. The van der Waals surface area contributed by atoms with Crippen molar-refractivity contribution in [3.63, 3.8) is 0 Å². The zero-order chi connectivity index (χ0) is 25.2. The normalized spacial score (nSPS) is 34.8. The minimum absolute atomic E-state index is 0.0131. The zero-order valence-corrected chi connectivity index (χ0v) is 22.3. The Morgan fingerprint density at radius 1 is 0.857 bits per heavy atom. The van der Waals surface area contributed by atoms with E-state index in [1.54, 1.807) is 30.3 Å². The molecule has 35 heavy (non-hydrogen) atoms. The number of benzene rings is 2. The van der Waals surface area contributed by atoms with Crippen molar-refractivity contribution in [3.05, 3.63) is 66.2 Å². The molecule has 4 bridgehead atoms. The fourth-order valence-corrected chi connectivity index (χ4v) is 6.98. The quantitative estimate of drug-likeness (QED) is 0.456. The van der Waals surface area contributed by atoms with Gasteiger partial charge in [-0.2, -0.15) is 8.42 Å². The second-order valence-electron chi connectivity index (χ2n) is 10.8. The highest BCUT2D eigenvalue weighted by Crippen LogP contribution is 2.53. The average Bonchev–Trinajstić information content (AvgIpc) is 2.81. The lowest BCUT2D eigenvalue weighted by molar-refractivity contribution is -0.545. The van der Waals surface area contributed by atoms with E-state index in [0.717, 1.165) is 0 Å². The van der Waals surface area contributed by atoms with Crippen molar-refractivity contribution in [1.29, 1.82) is 0 Å². The molecule has 190 valence electrons. The molecule has 0 radical (unpaired) electrons. The molecule has 4 aliphatic rings. The molecule has 3 aliphatic heterocycles. The van der Waals surface area contributed by atoms with Crippen LogP contribution in [0.25, 0.3) is 0 Å². The molecule has 1 saturated carbocycles. The molecule has 0 amide bonds. The van der Waals surface area contributed by atoms with Crippen molar-refractivity contribution in [2.24, 2.45) is 0 Å². The first-order chi connectivity index (χ1) is 16.3. The summed E-state index contributed by atoms with van der Waals surface area (Å²) in [5, 5.41) is 11.1. The van der Waals surface area contributed by atoms with Gasteiger partial charge in [0, 0.05) is 5.56 Å². The molecule has 8 nitrogen and oxygen atoms in total. The van der Waals surface area contributed by atoms with Gasteiger partial charge in [0.15, 0.2) is 8.32 Å². The van der Waals surface area contributed by atoms with Crippen molar-refractivity contribution in [1.82, 2.24) is 0 Å². The van der Waals surface area contributed by atoms with Gasteiger partial charge in [-0.3, -0.25) is 4.18 Å². The molecular formula is C25H32O8SSi. The molecule has 3 heterocycles. The first-order valence-electron chi connectivity index (χ1n) is 11.8. The third kappa shape index (κ3) is 4.19. The van der Waals surface area contributed by atoms with Crippen LogP contribution in [0, 0.1) is 0 Å². The Labute approximate surface area is 207 Å². The summed E-state index contributed by atoms with van der Waals surface area (Å²) >= 11 is 0. The van der Waals surface area contributed by atoms with E-state index in [-0.39, 0.29) is 9.93 Å². The lowest BCUT2D eigenvalue weighted by Gasteiger charge is -2.62. The Kier molecular flexibility index (Phi) is 6.05. The number of aliphatic hydroxyl groups is 1. The molecule has 6 rings (SSSR count). The molecule has 1 N–H and O–H groups in total. The first kappa shape index (κ1) is 25.0. The molecular weight excluding hydrogens is 488 g/mol. The molecule has 0 spiro atoms. The van der Waals surface area contributed by atoms with E-state index in [0.29, 0.717) is 5.56 Å². The van der Waals surface area contributed by atoms with Crippen LogP contribution in [0.5, 0.6) is 0 Å². The van der Waals surface area contributed by atoms with E-state index in [4.69, 9.17) is 22.8 Å². The summed E-state index contributed by atoms with van der Waals surface area (Å²) in [6, 6.07) is 17.0. The van der Waals surface area contributed by atoms with Gasteiger partial charge in [-0.25, -0.2) is 0 Å². The maximum atomic E-state index is 13.2. The molecule has 2 aromatic carbocycles. The van der Waals surface area contributed by atoms with Crippen LogP contribution < -0.4 is 0 Å². The van der Waals surface area contributed by atoms with Gasteiger partial charge in [0.1, 0.15) is 36.6 Å². The molecule has 2 aromatic rings. The van der Waals surface area contributed by atoms with E-state index in [2.05, 4.69) is 33.9 Å². The van der Waals surface area contributed by atoms with Crippen molar-refractivity contribution in [3.8, 4) is 0 Å². The number of aliphatic hydroxyl groups excluding tert-OH is 1. The van der Waals surface area contributed by atoms with Crippen LogP contribution in [0.3, 0.4) is 0 Å². The van der Waals surface area contributed by atoms with Crippen LogP contribution in [0.15, 0.2) is 65.6 Å². The fraction of sp³-hybridized carbons (Fsp3) is 0.520. The van der Waals surface area contributed by atoms with Gasteiger partial charge in [-0.1, -0.05) is 69.3 Å². The van der Waals surface area contributed by atoms with Gasteiger partial charge in [-0.15, -0.1) is 0 Å². The van der Waals surface area contributed by atoms with Crippen LogP contribution in [0.4, 0.5) is 0 Å². The van der Waals surface area contributed by atoms with E-state index in [9.17, 15) is 13.5 Å². The minimum atomic E-state index is -4.16. The highest BCUT2D eigenvalue weighted by Gasteiger charge is 2.70. The van der Waals surface area contributed by atoms with Crippen LogP contribution in [0.1, 0.15) is 26.3 Å². The van der Waals surface area contributed by atoms with E-state index in [1.165, 1.54) is 12.1 Å². The third-order valence-corrected chi connectivity index (χ3v) is 13.3. The van der Waals surface area contributed by atoms with Crippen LogP contribution in [-0.2, 0) is 38.9 Å². The first-order valence-corrected chi connectivity index (χ1v) is 16.1. The Morgan fingerprint density at radius 3 is 1.94 bits per heavy atom. The summed E-state index contributed by atoms with van der Waals surface area (Å²) in [5.74, 6) is -1.58. The van der Waals surface area contributed by atoms with Gasteiger partial charge >= 0.3 is 5.97 Å². The summed E-state index contributed by atoms with van der Waals surface area (Å²) in [6.07, 6.45) is -5.64. The van der Waals surface area contributed by atoms with E-state index >= 15 is 0 Å². The van der Waals surface area contributed by atoms with Crippen molar-refractivity contribution < 1.29 is 36.3 Å². The molecule has 1 aliphatic carbocycles. The lowest BCUT2D eigenvalue weighted by Crippen LogP contribution is -2.79. The number of hydrogen-bond acceptors (Lipinski definition) is 8. The summed E-state index contributed by atoms with van der Waals surface area (Å²) in [4.78, 5) is 0.0131. The SMILES string of the molecule is CC(C)(C)[Si](C)(C)O[C@H]1[C@H]2O[C@]3(c4ccccc4)O[C@@H]1[C@@H](O)[C@H](O3)[C@H]2OS(=O)(=O)c1ccccc1. The highest BCUT2D eigenvalue weighted by molar-refractivity contribution is 7.86. The maximum absolute atomic E-state index is 13.2. The van der Waals surface area contributed by atoms with E-state index < -0.39 is 61.0 Å². The molecule has 4 fully saturated rings. The Morgan fingerprint density at radius 2 is 1.37 bits per heavy atom. The number of rotatable bonds is 6. The number of ether oxygens (including phenoxy) is 3. The second kappa shape index (κ2) is 8.46. The molecule has 10 heteroatoms. The lowest BCUT2D eigenvalue weighted by atomic mass is 9.81. The number of hydrogen-bond donors (Lipinski definition) is 1. The third-order valence-electron chi connectivity index (χ3n) is 7.48. The monoisotopic (exact) mass is 520 g/mol. The smallest absolute Gasteiger partial charge is 0.313 e. The summed E-state index contributed by atoms with van der Waals surface area (Å²) in [6.45, 7) is 10.5. The fourth-order valence-electron chi connectivity index (χ4n) is 4.56. The maximum Gasteiger partial charge on any atom is 0.313 e. The van der Waals surface area contributed by atoms with Crippen molar-refractivity contribution in [2.45, 2.75) is 86.4 Å². The summed E-state index contributed by atoms with van der Waals surface area (Å²) < 4.78 is 57.4. The predicted molar refractivity (Wildman–Crippen MR) is 129 cm³/mol. The zero-order valence-electron chi connectivity index (χ0n) is 20.5. The highest BCUT2D eigenvalue weighted by atomic mass is 32.2. The molecule has 3 saturated heterocycles. The summed E-state index contributed by atoms with van der Waals surface area (Å²) in [7, 11) is -6.53. The predicted octanol–water partition coefficient (Wildman–Crippen LogP) is 3.52. The van der Waals surface area contributed by atoms with Crippen LogP contribution in [0.2, 0.25) is 18.1 Å². The average molecular weight is 521 g/mol. The second-order valence-corrected chi connectivity index (χ2v) is 17.2. The topological polar surface area (TPSA) is 101 Å². The minimum Gasteiger partial charge on any atom is -0.408 e. The van der Waals surface area contributed by atoms with Crippen molar-refractivity contribution >= 4 is 18.4 Å². The molecule has 0 aromatic heterocycles. The van der Waals surface area contributed by atoms with Crippen LogP contribution >= 0.6 is 0 Å². The van der Waals surface area contributed by atoms with Crippen LogP contribution in [-0.4, -0.2) is 58.5 Å². The summed E-state index contributed by atoms with van der Waals surface area (Å²) in [5.41, 5.74) is 0.613. The molecule has 0 unspecified atom stereocenters. The van der Waals surface area contributed by atoms with Gasteiger partial charge in [0.2, 0.25) is 0 Å². The molecule has 7 atom stereocenters. The largest absolute Gasteiger partial charge is 0.408 e. The van der Waals surface area contributed by atoms with Gasteiger partial charge in [0.25, 0.3) is 10.1 Å². The Balaban J connectivity index is 1.54. The Hall–Kier alpha value is -1.63. The van der Waals surface area contributed by atoms with Gasteiger partial charge in [0.05, 0.1) is 4.90 Å². The van der Waals surface area contributed by atoms with Crippen molar-refractivity contribution in [2.75, 3.05) is 0 Å².